The molecule has 0 atom stereocenters. The smallest absolute Gasteiger partial charge is 0.240 e. The van der Waals surface area contributed by atoms with Crippen LogP contribution in [0.1, 0.15) is 30.6 Å². The van der Waals surface area contributed by atoms with Crippen molar-refractivity contribution in [3.05, 3.63) is 54.1 Å². The summed E-state index contributed by atoms with van der Waals surface area (Å²) < 4.78 is 26.6. The fraction of sp³-hybridized carbons (Fsp3) is 0.235. The van der Waals surface area contributed by atoms with Gasteiger partial charge in [-0.25, -0.2) is 13.1 Å². The predicted molar refractivity (Wildman–Crippen MR) is 87.4 cm³/mol. The van der Waals surface area contributed by atoms with E-state index in [0.29, 0.717) is 12.1 Å². The van der Waals surface area contributed by atoms with Crippen LogP contribution >= 0.6 is 0 Å². The van der Waals surface area contributed by atoms with Crippen molar-refractivity contribution in [1.29, 1.82) is 0 Å². The van der Waals surface area contributed by atoms with Gasteiger partial charge in [0.15, 0.2) is 5.78 Å². The summed E-state index contributed by atoms with van der Waals surface area (Å²) in [7, 11) is -3.43. The van der Waals surface area contributed by atoms with Crippen LogP contribution in [0.25, 0.3) is 11.1 Å². The molecule has 0 bridgehead atoms. The molecule has 4 nitrogen and oxygen atoms in total. The molecule has 2 rings (SSSR count). The number of sulfonamides is 1. The maximum atomic E-state index is 12.0. The lowest BCUT2D eigenvalue weighted by Crippen LogP contribution is -2.24. The van der Waals surface area contributed by atoms with Crippen molar-refractivity contribution >= 4 is 15.8 Å². The van der Waals surface area contributed by atoms with Crippen LogP contribution < -0.4 is 4.72 Å². The Morgan fingerprint density at radius 1 is 0.955 bits per heavy atom. The molecular weight excluding hydrogens is 298 g/mol. The summed E-state index contributed by atoms with van der Waals surface area (Å²) >= 11 is 0. The summed E-state index contributed by atoms with van der Waals surface area (Å²) in [6, 6.07) is 14.0. The van der Waals surface area contributed by atoms with Crippen molar-refractivity contribution in [2.45, 2.75) is 25.2 Å². The molecule has 5 heteroatoms. The summed E-state index contributed by atoms with van der Waals surface area (Å²) in [4.78, 5) is 11.5. The molecular formula is C17H19NO3S. The van der Waals surface area contributed by atoms with Crippen LogP contribution in [0.2, 0.25) is 0 Å². The zero-order valence-electron chi connectivity index (χ0n) is 12.7. The first-order chi connectivity index (χ1) is 10.4. The van der Waals surface area contributed by atoms with Crippen molar-refractivity contribution in [3.8, 4) is 11.1 Å². The third-order valence-corrected chi connectivity index (χ3v) is 4.81. The Hall–Kier alpha value is -1.98. The molecule has 0 aliphatic carbocycles. The average Bonchev–Trinajstić information content (AvgIpc) is 2.53. The molecule has 0 saturated carbocycles. The van der Waals surface area contributed by atoms with Gasteiger partial charge in [-0.3, -0.25) is 4.79 Å². The highest BCUT2D eigenvalue weighted by atomic mass is 32.2. The standard InChI is InChI=1S/C17H19NO3S/c1-3-12-18-22(20,21)17-10-8-16(9-11-17)15-6-4-14(5-7-15)13(2)19/h4-11,18H,3,12H2,1-2H3. The molecule has 0 fully saturated rings. The maximum absolute atomic E-state index is 12.0. The highest BCUT2D eigenvalue weighted by molar-refractivity contribution is 7.89. The van der Waals surface area contributed by atoms with Gasteiger partial charge in [0.1, 0.15) is 0 Å². The van der Waals surface area contributed by atoms with Crippen LogP contribution in [0.5, 0.6) is 0 Å². The average molecular weight is 317 g/mol. The Balaban J connectivity index is 2.23. The molecule has 0 unspecified atom stereocenters. The Kier molecular flexibility index (Phi) is 5.11. The molecule has 0 heterocycles. The van der Waals surface area contributed by atoms with Gasteiger partial charge in [0.25, 0.3) is 0 Å². The van der Waals surface area contributed by atoms with Crippen molar-refractivity contribution in [3.63, 3.8) is 0 Å². The number of Topliss-reactive ketones (excluding diaryl/α,β-unsaturated/α-hetero) is 1. The minimum atomic E-state index is -3.43. The van der Waals surface area contributed by atoms with E-state index < -0.39 is 10.0 Å². The number of carbonyl (C=O) groups excluding carboxylic acids is 1. The van der Waals surface area contributed by atoms with E-state index in [1.807, 2.05) is 19.1 Å². The fourth-order valence-electron chi connectivity index (χ4n) is 2.04. The van der Waals surface area contributed by atoms with Gasteiger partial charge in [0, 0.05) is 12.1 Å². The molecule has 0 aliphatic heterocycles. The van der Waals surface area contributed by atoms with E-state index in [1.165, 1.54) is 6.92 Å². The van der Waals surface area contributed by atoms with Crippen molar-refractivity contribution in [1.82, 2.24) is 4.72 Å². The first kappa shape index (κ1) is 16.4. The number of benzene rings is 2. The van der Waals surface area contributed by atoms with Crippen LogP contribution in [0, 0.1) is 0 Å². The Labute approximate surface area is 131 Å². The van der Waals surface area contributed by atoms with Gasteiger partial charge in [0.2, 0.25) is 10.0 Å². The van der Waals surface area contributed by atoms with Gasteiger partial charge in [-0.15, -0.1) is 0 Å². The second kappa shape index (κ2) is 6.85. The molecule has 1 N–H and O–H groups in total. The Morgan fingerprint density at radius 3 is 1.91 bits per heavy atom. The third kappa shape index (κ3) is 3.81. The maximum Gasteiger partial charge on any atom is 0.240 e. The molecule has 0 radical (unpaired) electrons. The van der Waals surface area contributed by atoms with E-state index in [0.717, 1.165) is 17.5 Å². The topological polar surface area (TPSA) is 63.2 Å². The zero-order valence-corrected chi connectivity index (χ0v) is 13.5. The number of carbonyl (C=O) groups is 1. The molecule has 116 valence electrons. The minimum absolute atomic E-state index is 0.0231. The minimum Gasteiger partial charge on any atom is -0.295 e. The number of hydrogen-bond donors (Lipinski definition) is 1. The van der Waals surface area contributed by atoms with Crippen LogP contribution in [0.15, 0.2) is 53.4 Å². The van der Waals surface area contributed by atoms with Gasteiger partial charge in [-0.2, -0.15) is 0 Å². The lowest BCUT2D eigenvalue weighted by molar-refractivity contribution is 0.101. The van der Waals surface area contributed by atoms with Crippen molar-refractivity contribution in [2.75, 3.05) is 6.54 Å². The van der Waals surface area contributed by atoms with Crippen LogP contribution in [0.3, 0.4) is 0 Å². The lowest BCUT2D eigenvalue weighted by Gasteiger charge is -2.07. The van der Waals surface area contributed by atoms with Crippen molar-refractivity contribution in [2.24, 2.45) is 0 Å². The van der Waals surface area contributed by atoms with E-state index in [4.69, 9.17) is 0 Å². The molecule has 0 spiro atoms. The van der Waals surface area contributed by atoms with E-state index in [-0.39, 0.29) is 10.7 Å². The normalized spacial score (nSPS) is 11.4. The second-order valence-corrected chi connectivity index (χ2v) is 6.82. The second-order valence-electron chi connectivity index (χ2n) is 5.06. The molecule has 2 aromatic carbocycles. The molecule has 2 aromatic rings. The van der Waals surface area contributed by atoms with Crippen molar-refractivity contribution < 1.29 is 13.2 Å². The Morgan fingerprint density at radius 2 is 1.45 bits per heavy atom. The summed E-state index contributed by atoms with van der Waals surface area (Å²) in [6.07, 6.45) is 0.750. The predicted octanol–water partition coefficient (Wildman–Crippen LogP) is 3.24. The van der Waals surface area contributed by atoms with Gasteiger partial charge < -0.3 is 0 Å². The number of rotatable bonds is 6. The summed E-state index contributed by atoms with van der Waals surface area (Å²) in [5.41, 5.74) is 2.51. The number of nitrogens with one attached hydrogen (secondary N) is 1. The zero-order chi connectivity index (χ0) is 16.2. The van der Waals surface area contributed by atoms with E-state index in [9.17, 15) is 13.2 Å². The first-order valence-corrected chi connectivity index (χ1v) is 8.63. The molecule has 0 aromatic heterocycles. The fourth-order valence-corrected chi connectivity index (χ4v) is 3.18. The summed E-state index contributed by atoms with van der Waals surface area (Å²) in [5.74, 6) is 0.0231. The largest absolute Gasteiger partial charge is 0.295 e. The monoisotopic (exact) mass is 317 g/mol. The summed E-state index contributed by atoms with van der Waals surface area (Å²) in [6.45, 7) is 3.87. The van der Waals surface area contributed by atoms with Gasteiger partial charge in [0.05, 0.1) is 4.90 Å². The highest BCUT2D eigenvalue weighted by Crippen LogP contribution is 2.22. The van der Waals surface area contributed by atoms with E-state index in [1.54, 1.807) is 36.4 Å². The molecule has 0 aliphatic rings. The quantitative estimate of drug-likeness (QED) is 0.832. The molecule has 0 saturated heterocycles. The van der Waals surface area contributed by atoms with Crippen LogP contribution in [-0.4, -0.2) is 20.7 Å². The summed E-state index contributed by atoms with van der Waals surface area (Å²) in [5, 5.41) is 0. The number of ketones is 1. The van der Waals surface area contributed by atoms with Gasteiger partial charge >= 0.3 is 0 Å². The first-order valence-electron chi connectivity index (χ1n) is 7.15. The van der Waals surface area contributed by atoms with Gasteiger partial charge in [-0.05, 0) is 36.6 Å². The molecule has 22 heavy (non-hydrogen) atoms. The third-order valence-electron chi connectivity index (χ3n) is 3.33. The lowest BCUT2D eigenvalue weighted by atomic mass is 10.0. The SMILES string of the molecule is CCCNS(=O)(=O)c1ccc(-c2ccc(C(C)=O)cc2)cc1. The highest BCUT2D eigenvalue weighted by Gasteiger charge is 2.12. The van der Waals surface area contributed by atoms with Crippen LogP contribution in [-0.2, 0) is 10.0 Å². The van der Waals surface area contributed by atoms with Gasteiger partial charge in [-0.1, -0.05) is 43.3 Å². The number of hydrogen-bond acceptors (Lipinski definition) is 3. The van der Waals surface area contributed by atoms with Crippen LogP contribution in [0.4, 0.5) is 0 Å². The van der Waals surface area contributed by atoms with E-state index in [2.05, 4.69) is 4.72 Å². The van der Waals surface area contributed by atoms with E-state index >= 15 is 0 Å². The molecule has 0 amide bonds. The Bertz CT molecular complexity index is 747.